The lowest BCUT2D eigenvalue weighted by Gasteiger charge is -2.32. The van der Waals surface area contributed by atoms with Crippen LogP contribution in [0.1, 0.15) is 56.1 Å². The van der Waals surface area contributed by atoms with Crippen LogP contribution in [-0.4, -0.2) is 45.1 Å². The van der Waals surface area contributed by atoms with Crippen LogP contribution in [0.4, 0.5) is 0 Å². The van der Waals surface area contributed by atoms with Gasteiger partial charge in [0.05, 0.1) is 6.04 Å². The molecule has 2 unspecified atom stereocenters. The fourth-order valence-corrected chi connectivity index (χ4v) is 2.69. The summed E-state index contributed by atoms with van der Waals surface area (Å²) in [5.41, 5.74) is 5.67. The predicted molar refractivity (Wildman–Crippen MR) is 77.8 cm³/mol. The van der Waals surface area contributed by atoms with Crippen LogP contribution in [0.2, 0.25) is 0 Å². The largest absolute Gasteiger partial charge is 0.341 e. The van der Waals surface area contributed by atoms with E-state index in [0.717, 1.165) is 31.0 Å². The molecule has 2 heterocycles. The molecule has 1 amide bonds. The van der Waals surface area contributed by atoms with E-state index in [0.29, 0.717) is 12.5 Å². The summed E-state index contributed by atoms with van der Waals surface area (Å²) in [5, 5.41) is 7.38. The standard InChI is InChI=1S/C13H21N5O.ClH/c1-8(14)13(19)18-6-2-3-10(7-18)12-15-11(16-17-12)9-4-5-9;/h8-10H,2-7,14H2,1H3,(H,15,16,17);1H. The summed E-state index contributed by atoms with van der Waals surface area (Å²) in [6.45, 7) is 3.24. The normalized spacial score (nSPS) is 24.1. The summed E-state index contributed by atoms with van der Waals surface area (Å²) in [7, 11) is 0. The van der Waals surface area contributed by atoms with Gasteiger partial charge < -0.3 is 10.6 Å². The summed E-state index contributed by atoms with van der Waals surface area (Å²) >= 11 is 0. The Morgan fingerprint density at radius 3 is 2.80 bits per heavy atom. The highest BCUT2D eigenvalue weighted by atomic mass is 35.5. The molecule has 1 aromatic heterocycles. The molecular formula is C13H22ClN5O. The van der Waals surface area contributed by atoms with Crippen molar-refractivity contribution in [3.8, 4) is 0 Å². The third kappa shape index (κ3) is 3.12. The number of piperidine rings is 1. The number of nitrogens with zero attached hydrogens (tertiary/aromatic N) is 3. The van der Waals surface area contributed by atoms with Crippen molar-refractivity contribution in [2.24, 2.45) is 5.73 Å². The molecule has 1 aromatic rings. The van der Waals surface area contributed by atoms with Crippen molar-refractivity contribution in [1.29, 1.82) is 0 Å². The van der Waals surface area contributed by atoms with Crippen molar-refractivity contribution < 1.29 is 4.79 Å². The fraction of sp³-hybridized carbons (Fsp3) is 0.769. The molecule has 3 N–H and O–H groups in total. The highest BCUT2D eigenvalue weighted by molar-refractivity contribution is 5.85. The van der Waals surface area contributed by atoms with Gasteiger partial charge in [-0.3, -0.25) is 9.89 Å². The number of aromatic nitrogens is 3. The zero-order valence-electron chi connectivity index (χ0n) is 11.7. The number of nitrogens with two attached hydrogens (primary N) is 1. The van der Waals surface area contributed by atoms with Crippen LogP contribution in [-0.2, 0) is 4.79 Å². The van der Waals surface area contributed by atoms with E-state index in [4.69, 9.17) is 5.73 Å². The van der Waals surface area contributed by atoms with Gasteiger partial charge in [0.2, 0.25) is 5.91 Å². The number of carbonyl (C=O) groups excluding carboxylic acids is 1. The molecule has 1 aliphatic carbocycles. The van der Waals surface area contributed by atoms with Crippen LogP contribution >= 0.6 is 12.4 Å². The van der Waals surface area contributed by atoms with Gasteiger partial charge in [-0.1, -0.05) is 0 Å². The van der Waals surface area contributed by atoms with Gasteiger partial charge in [-0.05, 0) is 32.6 Å². The number of nitrogens with one attached hydrogen (secondary N) is 1. The molecule has 0 bridgehead atoms. The van der Waals surface area contributed by atoms with Crippen molar-refractivity contribution in [2.45, 2.75) is 50.5 Å². The molecule has 0 aromatic carbocycles. The molecule has 3 rings (SSSR count). The first-order valence-corrected chi connectivity index (χ1v) is 7.11. The second-order valence-electron chi connectivity index (χ2n) is 5.77. The van der Waals surface area contributed by atoms with Gasteiger partial charge in [-0.15, -0.1) is 12.4 Å². The van der Waals surface area contributed by atoms with Crippen molar-refractivity contribution in [2.75, 3.05) is 13.1 Å². The molecule has 2 atom stereocenters. The Labute approximate surface area is 124 Å². The maximum absolute atomic E-state index is 12.0. The number of aromatic amines is 1. The van der Waals surface area contributed by atoms with E-state index in [-0.39, 0.29) is 24.2 Å². The molecule has 0 radical (unpaired) electrons. The van der Waals surface area contributed by atoms with Crippen LogP contribution in [0.15, 0.2) is 0 Å². The third-order valence-electron chi connectivity index (χ3n) is 3.97. The zero-order chi connectivity index (χ0) is 13.4. The maximum atomic E-state index is 12.0. The van der Waals surface area contributed by atoms with Crippen molar-refractivity contribution in [3.63, 3.8) is 0 Å². The average molecular weight is 300 g/mol. The van der Waals surface area contributed by atoms with E-state index in [1.807, 2.05) is 4.90 Å². The number of amides is 1. The van der Waals surface area contributed by atoms with E-state index >= 15 is 0 Å². The molecule has 2 aliphatic rings. The Morgan fingerprint density at radius 2 is 2.15 bits per heavy atom. The smallest absolute Gasteiger partial charge is 0.239 e. The second kappa shape index (κ2) is 6.10. The average Bonchev–Trinajstić information content (AvgIpc) is 3.15. The summed E-state index contributed by atoms with van der Waals surface area (Å²) in [6.07, 6.45) is 4.48. The van der Waals surface area contributed by atoms with Crippen LogP contribution in [0.5, 0.6) is 0 Å². The molecule has 1 saturated heterocycles. The lowest BCUT2D eigenvalue weighted by molar-refractivity contribution is -0.133. The van der Waals surface area contributed by atoms with E-state index in [1.165, 1.54) is 12.8 Å². The van der Waals surface area contributed by atoms with Gasteiger partial charge in [-0.25, -0.2) is 4.98 Å². The monoisotopic (exact) mass is 299 g/mol. The molecule has 0 spiro atoms. The summed E-state index contributed by atoms with van der Waals surface area (Å²) in [6, 6.07) is -0.423. The molecule has 6 nitrogen and oxygen atoms in total. The Balaban J connectivity index is 0.00000147. The first-order valence-electron chi connectivity index (χ1n) is 7.11. The number of rotatable bonds is 3. The minimum absolute atomic E-state index is 0. The van der Waals surface area contributed by atoms with E-state index in [9.17, 15) is 4.79 Å². The first-order chi connectivity index (χ1) is 9.15. The number of carbonyl (C=O) groups is 1. The number of halogens is 1. The molecule has 2 fully saturated rings. The highest BCUT2D eigenvalue weighted by Crippen LogP contribution is 2.38. The van der Waals surface area contributed by atoms with Gasteiger partial charge in [0, 0.05) is 24.9 Å². The summed E-state index contributed by atoms with van der Waals surface area (Å²) in [4.78, 5) is 18.4. The molecular weight excluding hydrogens is 278 g/mol. The topological polar surface area (TPSA) is 87.9 Å². The Morgan fingerprint density at radius 1 is 1.40 bits per heavy atom. The number of H-pyrrole nitrogens is 1. The van der Waals surface area contributed by atoms with Gasteiger partial charge in [-0.2, -0.15) is 5.10 Å². The molecule has 112 valence electrons. The van der Waals surface area contributed by atoms with Crippen molar-refractivity contribution in [3.05, 3.63) is 11.6 Å². The Hall–Kier alpha value is -1.14. The van der Waals surface area contributed by atoms with Gasteiger partial charge in [0.25, 0.3) is 0 Å². The fourth-order valence-electron chi connectivity index (χ4n) is 2.69. The number of hydrogen-bond donors (Lipinski definition) is 2. The maximum Gasteiger partial charge on any atom is 0.239 e. The lowest BCUT2D eigenvalue weighted by Crippen LogP contribution is -2.46. The van der Waals surface area contributed by atoms with E-state index < -0.39 is 6.04 Å². The number of likely N-dealkylation sites (tertiary alicyclic amines) is 1. The SMILES string of the molecule is CC(N)C(=O)N1CCCC(c2n[nH]c(C3CC3)n2)C1.Cl. The second-order valence-corrected chi connectivity index (χ2v) is 5.77. The van der Waals surface area contributed by atoms with Crippen LogP contribution in [0.25, 0.3) is 0 Å². The molecule has 20 heavy (non-hydrogen) atoms. The van der Waals surface area contributed by atoms with Crippen molar-refractivity contribution >= 4 is 18.3 Å². The van der Waals surface area contributed by atoms with Crippen LogP contribution < -0.4 is 5.73 Å². The van der Waals surface area contributed by atoms with E-state index in [2.05, 4.69) is 15.2 Å². The van der Waals surface area contributed by atoms with Crippen LogP contribution in [0.3, 0.4) is 0 Å². The first kappa shape index (κ1) is 15.3. The minimum atomic E-state index is -0.423. The van der Waals surface area contributed by atoms with Gasteiger partial charge in [0.1, 0.15) is 5.82 Å². The minimum Gasteiger partial charge on any atom is -0.341 e. The molecule has 7 heteroatoms. The quantitative estimate of drug-likeness (QED) is 0.876. The Bertz CT molecular complexity index is 471. The molecule has 1 saturated carbocycles. The lowest BCUT2D eigenvalue weighted by atomic mass is 9.97. The molecule has 1 aliphatic heterocycles. The predicted octanol–water partition coefficient (Wildman–Crippen LogP) is 1.16. The number of hydrogen-bond acceptors (Lipinski definition) is 4. The summed E-state index contributed by atoms with van der Waals surface area (Å²) in [5.74, 6) is 2.75. The summed E-state index contributed by atoms with van der Waals surface area (Å²) < 4.78 is 0. The highest BCUT2D eigenvalue weighted by Gasteiger charge is 2.31. The third-order valence-corrected chi connectivity index (χ3v) is 3.97. The van der Waals surface area contributed by atoms with E-state index in [1.54, 1.807) is 6.92 Å². The van der Waals surface area contributed by atoms with Crippen molar-refractivity contribution in [1.82, 2.24) is 20.1 Å². The zero-order valence-corrected chi connectivity index (χ0v) is 12.5. The Kier molecular flexibility index (Phi) is 4.65. The van der Waals surface area contributed by atoms with Gasteiger partial charge >= 0.3 is 0 Å². The van der Waals surface area contributed by atoms with Crippen LogP contribution in [0, 0.1) is 0 Å². The van der Waals surface area contributed by atoms with Gasteiger partial charge in [0.15, 0.2) is 5.82 Å².